The van der Waals surface area contributed by atoms with Gasteiger partial charge < -0.3 is 10.1 Å². The Labute approximate surface area is 76.3 Å². The zero-order valence-electron chi connectivity index (χ0n) is 7.50. The van der Waals surface area contributed by atoms with Gasteiger partial charge in [0.05, 0.1) is 18.8 Å². The molecule has 0 atom stereocenters. The standard InChI is InChI=1S/C7H13N3OS/c1-5(2)4-8-6-7(11-3)10-12-9-6/h5H,4H2,1-3H3,(H,8,9). The third-order valence-electron chi connectivity index (χ3n) is 1.33. The Bertz CT molecular complexity index is 236. The van der Waals surface area contributed by atoms with Gasteiger partial charge in [-0.1, -0.05) is 13.8 Å². The summed E-state index contributed by atoms with van der Waals surface area (Å²) >= 11 is 1.15. The lowest BCUT2D eigenvalue weighted by molar-refractivity contribution is 0.403. The second-order valence-electron chi connectivity index (χ2n) is 2.90. The minimum absolute atomic E-state index is 0.584. The molecule has 1 rings (SSSR count). The zero-order valence-corrected chi connectivity index (χ0v) is 8.31. The molecular weight excluding hydrogens is 174 g/mol. The second kappa shape index (κ2) is 4.25. The van der Waals surface area contributed by atoms with Crippen LogP contribution in [0.3, 0.4) is 0 Å². The Balaban J connectivity index is 2.50. The first-order chi connectivity index (χ1) is 5.74. The summed E-state index contributed by atoms with van der Waals surface area (Å²) < 4.78 is 13.0. The highest BCUT2D eigenvalue weighted by Gasteiger charge is 2.06. The first-order valence-corrected chi connectivity index (χ1v) is 4.57. The van der Waals surface area contributed by atoms with Gasteiger partial charge >= 0.3 is 0 Å². The first kappa shape index (κ1) is 9.25. The molecular formula is C7H13N3OS. The summed E-state index contributed by atoms with van der Waals surface area (Å²) in [5, 5.41) is 3.16. The van der Waals surface area contributed by atoms with Crippen LogP contribution in [0.25, 0.3) is 0 Å². The Hall–Kier alpha value is -0.840. The lowest BCUT2D eigenvalue weighted by Crippen LogP contribution is -2.08. The number of methoxy groups -OCH3 is 1. The van der Waals surface area contributed by atoms with E-state index in [1.54, 1.807) is 7.11 Å². The van der Waals surface area contributed by atoms with Crippen molar-refractivity contribution in [1.82, 2.24) is 8.75 Å². The molecule has 0 saturated carbocycles. The molecule has 1 aromatic heterocycles. The fraction of sp³-hybridized carbons (Fsp3) is 0.714. The van der Waals surface area contributed by atoms with Crippen molar-refractivity contribution in [3.8, 4) is 5.88 Å². The van der Waals surface area contributed by atoms with Crippen LogP contribution in [0.15, 0.2) is 0 Å². The molecule has 68 valence electrons. The summed E-state index contributed by atoms with van der Waals surface area (Å²) in [6, 6.07) is 0. The van der Waals surface area contributed by atoms with Gasteiger partial charge in [0, 0.05) is 6.54 Å². The van der Waals surface area contributed by atoms with Gasteiger partial charge in [0.2, 0.25) is 5.82 Å². The number of rotatable bonds is 4. The SMILES string of the molecule is COc1nsnc1NCC(C)C. The Kier molecular flexibility index (Phi) is 3.28. The fourth-order valence-electron chi connectivity index (χ4n) is 0.723. The maximum absolute atomic E-state index is 4.99. The zero-order chi connectivity index (χ0) is 8.97. The minimum Gasteiger partial charge on any atom is -0.478 e. The lowest BCUT2D eigenvalue weighted by Gasteiger charge is -2.05. The molecule has 0 bridgehead atoms. The van der Waals surface area contributed by atoms with Crippen LogP contribution in [-0.4, -0.2) is 22.4 Å². The molecule has 0 aromatic carbocycles. The van der Waals surface area contributed by atoms with Crippen LogP contribution in [0.1, 0.15) is 13.8 Å². The van der Waals surface area contributed by atoms with Gasteiger partial charge in [-0.2, -0.15) is 4.37 Å². The van der Waals surface area contributed by atoms with Crippen molar-refractivity contribution < 1.29 is 4.74 Å². The Morgan fingerprint density at radius 1 is 1.50 bits per heavy atom. The largest absolute Gasteiger partial charge is 0.478 e. The summed E-state index contributed by atoms with van der Waals surface area (Å²) in [4.78, 5) is 0. The van der Waals surface area contributed by atoms with E-state index in [9.17, 15) is 0 Å². The molecule has 1 heterocycles. The number of nitrogens with zero attached hydrogens (tertiary/aromatic N) is 2. The van der Waals surface area contributed by atoms with Crippen molar-refractivity contribution in [2.45, 2.75) is 13.8 Å². The predicted octanol–water partition coefficient (Wildman–Crippen LogP) is 1.61. The lowest BCUT2D eigenvalue weighted by atomic mass is 10.2. The van der Waals surface area contributed by atoms with Crippen LogP contribution in [0.5, 0.6) is 5.88 Å². The third kappa shape index (κ3) is 2.34. The smallest absolute Gasteiger partial charge is 0.270 e. The van der Waals surface area contributed by atoms with Gasteiger partial charge in [-0.25, -0.2) is 0 Å². The molecule has 4 nitrogen and oxygen atoms in total. The number of aromatic nitrogens is 2. The fourth-order valence-corrected chi connectivity index (χ4v) is 1.22. The van der Waals surface area contributed by atoms with E-state index < -0.39 is 0 Å². The predicted molar refractivity (Wildman–Crippen MR) is 49.8 cm³/mol. The third-order valence-corrected chi connectivity index (χ3v) is 1.84. The van der Waals surface area contributed by atoms with E-state index in [1.807, 2.05) is 0 Å². The van der Waals surface area contributed by atoms with E-state index in [1.165, 1.54) is 0 Å². The van der Waals surface area contributed by atoms with E-state index in [0.29, 0.717) is 11.8 Å². The van der Waals surface area contributed by atoms with Crippen LogP contribution < -0.4 is 10.1 Å². The number of nitrogens with one attached hydrogen (secondary N) is 1. The highest BCUT2D eigenvalue weighted by molar-refractivity contribution is 6.99. The molecule has 0 fully saturated rings. The highest BCUT2D eigenvalue weighted by Crippen LogP contribution is 2.20. The van der Waals surface area contributed by atoms with E-state index in [0.717, 1.165) is 24.1 Å². The molecule has 0 aliphatic carbocycles. The van der Waals surface area contributed by atoms with Crippen molar-refractivity contribution in [3.63, 3.8) is 0 Å². The number of hydrogen-bond donors (Lipinski definition) is 1. The van der Waals surface area contributed by atoms with Crippen molar-refractivity contribution in [3.05, 3.63) is 0 Å². The van der Waals surface area contributed by atoms with Crippen LogP contribution in [0, 0.1) is 5.92 Å². The number of ether oxygens (including phenoxy) is 1. The molecule has 12 heavy (non-hydrogen) atoms. The molecule has 1 aromatic rings. The molecule has 0 amide bonds. The average molecular weight is 187 g/mol. The topological polar surface area (TPSA) is 47.0 Å². The molecule has 0 unspecified atom stereocenters. The van der Waals surface area contributed by atoms with Gasteiger partial charge in [-0.05, 0) is 5.92 Å². The molecule has 5 heteroatoms. The number of anilines is 1. The Morgan fingerprint density at radius 3 is 2.83 bits per heavy atom. The van der Waals surface area contributed by atoms with Crippen molar-refractivity contribution in [2.75, 3.05) is 19.0 Å². The molecule has 1 N–H and O–H groups in total. The van der Waals surface area contributed by atoms with Crippen LogP contribution in [0.4, 0.5) is 5.82 Å². The summed E-state index contributed by atoms with van der Waals surface area (Å²) in [5.41, 5.74) is 0. The first-order valence-electron chi connectivity index (χ1n) is 3.84. The minimum atomic E-state index is 0.584. The van der Waals surface area contributed by atoms with Crippen LogP contribution in [0.2, 0.25) is 0 Å². The average Bonchev–Trinajstić information content (AvgIpc) is 2.47. The van der Waals surface area contributed by atoms with E-state index in [-0.39, 0.29) is 0 Å². The molecule has 0 aliphatic heterocycles. The monoisotopic (exact) mass is 187 g/mol. The summed E-state index contributed by atoms with van der Waals surface area (Å²) in [7, 11) is 1.59. The van der Waals surface area contributed by atoms with Crippen LogP contribution >= 0.6 is 11.7 Å². The molecule has 0 saturated heterocycles. The second-order valence-corrected chi connectivity index (χ2v) is 3.43. The van der Waals surface area contributed by atoms with Gasteiger partial charge in [0.15, 0.2) is 0 Å². The van der Waals surface area contributed by atoms with E-state index in [4.69, 9.17) is 4.74 Å². The van der Waals surface area contributed by atoms with Gasteiger partial charge in [0.25, 0.3) is 5.88 Å². The van der Waals surface area contributed by atoms with E-state index >= 15 is 0 Å². The summed E-state index contributed by atoms with van der Waals surface area (Å²) in [6.07, 6.45) is 0. The van der Waals surface area contributed by atoms with Crippen molar-refractivity contribution >= 4 is 17.5 Å². The summed E-state index contributed by atoms with van der Waals surface area (Å²) in [5.74, 6) is 1.92. The van der Waals surface area contributed by atoms with Crippen LogP contribution in [-0.2, 0) is 0 Å². The number of hydrogen-bond acceptors (Lipinski definition) is 5. The maximum atomic E-state index is 4.99. The van der Waals surface area contributed by atoms with E-state index in [2.05, 4.69) is 27.9 Å². The Morgan fingerprint density at radius 2 is 2.25 bits per heavy atom. The van der Waals surface area contributed by atoms with Crippen molar-refractivity contribution in [2.24, 2.45) is 5.92 Å². The molecule has 0 radical (unpaired) electrons. The highest BCUT2D eigenvalue weighted by atomic mass is 32.1. The van der Waals surface area contributed by atoms with Crippen molar-refractivity contribution in [1.29, 1.82) is 0 Å². The summed E-state index contributed by atoms with van der Waals surface area (Å²) in [6.45, 7) is 5.17. The van der Waals surface area contributed by atoms with Gasteiger partial charge in [-0.3, -0.25) is 0 Å². The van der Waals surface area contributed by atoms with Gasteiger partial charge in [-0.15, -0.1) is 4.37 Å². The van der Waals surface area contributed by atoms with Gasteiger partial charge in [0.1, 0.15) is 0 Å². The molecule has 0 spiro atoms. The quantitative estimate of drug-likeness (QED) is 0.778. The normalized spacial score (nSPS) is 10.3. The maximum Gasteiger partial charge on any atom is 0.270 e. The molecule has 0 aliphatic rings.